The summed E-state index contributed by atoms with van der Waals surface area (Å²) in [6.07, 6.45) is 6.21. The minimum Gasteiger partial charge on any atom is -0.395 e. The average Bonchev–Trinajstić information content (AvgIpc) is 2.94. The molecular formula is C31H40N4O2. The number of aliphatic hydroxyl groups excluding tert-OH is 1. The van der Waals surface area contributed by atoms with Gasteiger partial charge in [0, 0.05) is 61.8 Å². The van der Waals surface area contributed by atoms with Crippen LogP contribution >= 0.6 is 0 Å². The molecule has 1 aliphatic heterocycles. The number of nitrogens with zero attached hydrogens (tertiary/aromatic N) is 3. The summed E-state index contributed by atoms with van der Waals surface area (Å²) in [4.78, 5) is 23.9. The van der Waals surface area contributed by atoms with Crippen LogP contribution in [0.3, 0.4) is 0 Å². The second-order valence-electron chi connectivity index (χ2n) is 10.7. The van der Waals surface area contributed by atoms with Crippen molar-refractivity contribution in [3.05, 3.63) is 65.7 Å². The Morgan fingerprint density at radius 2 is 1.65 bits per heavy atom. The zero-order valence-corrected chi connectivity index (χ0v) is 22.0. The van der Waals surface area contributed by atoms with E-state index in [1.165, 1.54) is 32.1 Å². The second kappa shape index (κ2) is 12.2. The number of carbonyl (C=O) groups excluding carboxylic acids is 1. The molecule has 1 aliphatic carbocycles. The Hall–Kier alpha value is -2.80. The van der Waals surface area contributed by atoms with Crippen molar-refractivity contribution in [1.82, 2.24) is 20.1 Å². The first kappa shape index (κ1) is 25.8. The van der Waals surface area contributed by atoms with Gasteiger partial charge in [0.15, 0.2) is 0 Å². The lowest BCUT2D eigenvalue weighted by molar-refractivity contribution is 0.0913. The molecule has 2 aromatic carbocycles. The molecule has 6 nitrogen and oxygen atoms in total. The van der Waals surface area contributed by atoms with Gasteiger partial charge in [0.2, 0.25) is 0 Å². The number of para-hydroxylation sites is 1. The van der Waals surface area contributed by atoms with E-state index < -0.39 is 0 Å². The van der Waals surface area contributed by atoms with E-state index in [4.69, 9.17) is 4.98 Å². The smallest absolute Gasteiger partial charge is 0.252 e. The lowest BCUT2D eigenvalue weighted by atomic mass is 9.84. The third-order valence-electron chi connectivity index (χ3n) is 8.25. The van der Waals surface area contributed by atoms with Gasteiger partial charge in [-0.25, -0.2) is 4.98 Å². The van der Waals surface area contributed by atoms with Crippen LogP contribution in [0.15, 0.2) is 54.6 Å². The van der Waals surface area contributed by atoms with Crippen LogP contribution in [-0.2, 0) is 6.54 Å². The van der Waals surface area contributed by atoms with Crippen LogP contribution in [0.5, 0.6) is 0 Å². The molecule has 196 valence electrons. The molecule has 1 aromatic heterocycles. The lowest BCUT2D eigenvalue weighted by Crippen LogP contribution is -2.47. The summed E-state index contributed by atoms with van der Waals surface area (Å²) in [7, 11) is 0. The topological polar surface area (TPSA) is 68.7 Å². The Bertz CT molecular complexity index is 1180. The van der Waals surface area contributed by atoms with E-state index in [1.54, 1.807) is 0 Å². The van der Waals surface area contributed by atoms with E-state index in [1.807, 2.05) is 42.5 Å². The maximum atomic E-state index is 14.1. The zero-order valence-electron chi connectivity index (χ0n) is 22.0. The van der Waals surface area contributed by atoms with Crippen molar-refractivity contribution < 1.29 is 9.90 Å². The number of β-amino-alcohol motifs (C(OH)–C–C–N with tert-alkyl or cyclic N) is 1. The minimum absolute atomic E-state index is 0.0165. The fraction of sp³-hybridized carbons (Fsp3) is 0.484. The number of pyridine rings is 1. The molecule has 6 heteroatoms. The largest absolute Gasteiger partial charge is 0.395 e. The number of carbonyl (C=O) groups is 1. The van der Waals surface area contributed by atoms with E-state index in [-0.39, 0.29) is 18.6 Å². The van der Waals surface area contributed by atoms with Gasteiger partial charge in [-0.05, 0) is 31.7 Å². The highest BCUT2D eigenvalue weighted by Gasteiger charge is 2.27. The summed E-state index contributed by atoms with van der Waals surface area (Å²) in [5.41, 5.74) is 4.57. The molecule has 37 heavy (non-hydrogen) atoms. The zero-order chi connectivity index (χ0) is 25.6. The highest BCUT2D eigenvalue weighted by atomic mass is 16.3. The molecule has 3 aromatic rings. The number of nitrogens with one attached hydrogen (secondary N) is 1. The molecular weight excluding hydrogens is 460 g/mol. The fourth-order valence-electron chi connectivity index (χ4n) is 6.07. The molecule has 2 aliphatic rings. The molecule has 5 rings (SSSR count). The SMILES string of the molecule is CC(NC(=O)c1c(CN2CCN(CCO)CC2)c(-c2ccccc2)nc2ccccc12)C1CCCCC1. The van der Waals surface area contributed by atoms with Gasteiger partial charge in [0.25, 0.3) is 5.91 Å². The number of hydrogen-bond acceptors (Lipinski definition) is 5. The number of amides is 1. The van der Waals surface area contributed by atoms with E-state index in [9.17, 15) is 9.90 Å². The first-order valence-electron chi connectivity index (χ1n) is 14.0. The predicted molar refractivity (Wildman–Crippen MR) is 149 cm³/mol. The summed E-state index contributed by atoms with van der Waals surface area (Å²) in [6.45, 7) is 7.40. The molecule has 1 saturated carbocycles. The Balaban J connectivity index is 1.54. The Kier molecular flexibility index (Phi) is 8.49. The van der Waals surface area contributed by atoms with Crippen LogP contribution in [0.4, 0.5) is 0 Å². The standard InChI is InChI=1S/C31H40N4O2/c1-23(24-10-4-2-5-11-24)32-31(37)29-26-14-8-9-15-28(26)33-30(25-12-6-3-7-13-25)27(29)22-35-18-16-34(17-19-35)20-21-36/h3,6-9,12-15,23-24,36H,2,4-5,10-11,16-22H2,1H3,(H,32,37). The number of rotatable bonds is 8. The van der Waals surface area contributed by atoms with Crippen molar-refractivity contribution in [3.63, 3.8) is 0 Å². The average molecular weight is 501 g/mol. The van der Waals surface area contributed by atoms with Crippen molar-refractivity contribution in [2.75, 3.05) is 39.3 Å². The summed E-state index contributed by atoms with van der Waals surface area (Å²) in [5.74, 6) is 0.560. The number of fused-ring (bicyclic) bond motifs is 1. The number of aromatic nitrogens is 1. The van der Waals surface area contributed by atoms with Gasteiger partial charge in [-0.2, -0.15) is 0 Å². The van der Waals surface area contributed by atoms with Crippen molar-refractivity contribution in [2.45, 2.75) is 51.6 Å². The third-order valence-corrected chi connectivity index (χ3v) is 8.25. The van der Waals surface area contributed by atoms with Crippen LogP contribution in [0.1, 0.15) is 54.9 Å². The molecule has 0 radical (unpaired) electrons. The quantitative estimate of drug-likeness (QED) is 0.469. The molecule has 1 amide bonds. The molecule has 2 heterocycles. The molecule has 1 atom stereocenters. The van der Waals surface area contributed by atoms with Crippen molar-refractivity contribution in [2.24, 2.45) is 5.92 Å². The van der Waals surface area contributed by atoms with Crippen LogP contribution < -0.4 is 5.32 Å². The van der Waals surface area contributed by atoms with Gasteiger partial charge < -0.3 is 10.4 Å². The molecule has 2 fully saturated rings. The van der Waals surface area contributed by atoms with Crippen molar-refractivity contribution in [1.29, 1.82) is 0 Å². The fourth-order valence-corrected chi connectivity index (χ4v) is 6.07. The van der Waals surface area contributed by atoms with E-state index in [0.29, 0.717) is 19.0 Å². The summed E-state index contributed by atoms with van der Waals surface area (Å²) in [6, 6.07) is 18.5. The maximum absolute atomic E-state index is 14.1. The first-order chi connectivity index (χ1) is 18.1. The van der Waals surface area contributed by atoms with E-state index in [2.05, 4.69) is 34.2 Å². The molecule has 1 unspecified atom stereocenters. The number of piperazine rings is 1. The van der Waals surface area contributed by atoms with Gasteiger partial charge in [-0.1, -0.05) is 67.8 Å². The second-order valence-corrected chi connectivity index (χ2v) is 10.7. The number of aliphatic hydroxyl groups is 1. The monoisotopic (exact) mass is 500 g/mol. The summed E-state index contributed by atoms with van der Waals surface area (Å²) in [5, 5.41) is 13.7. The Labute approximate surface area is 220 Å². The molecule has 0 bridgehead atoms. The van der Waals surface area contributed by atoms with Crippen LogP contribution in [0.2, 0.25) is 0 Å². The van der Waals surface area contributed by atoms with E-state index >= 15 is 0 Å². The van der Waals surface area contributed by atoms with Crippen LogP contribution in [-0.4, -0.2) is 71.2 Å². The van der Waals surface area contributed by atoms with Crippen molar-refractivity contribution in [3.8, 4) is 11.3 Å². The highest BCUT2D eigenvalue weighted by molar-refractivity contribution is 6.09. The van der Waals surface area contributed by atoms with Gasteiger partial charge in [0.1, 0.15) is 0 Å². The normalized spacial score (nSPS) is 18.6. The summed E-state index contributed by atoms with van der Waals surface area (Å²) >= 11 is 0. The first-order valence-corrected chi connectivity index (χ1v) is 14.0. The highest BCUT2D eigenvalue weighted by Crippen LogP contribution is 2.32. The van der Waals surface area contributed by atoms with E-state index in [0.717, 1.165) is 59.5 Å². The minimum atomic E-state index is 0.0165. The van der Waals surface area contributed by atoms with Gasteiger partial charge in [-0.3, -0.25) is 14.6 Å². The molecule has 1 saturated heterocycles. The van der Waals surface area contributed by atoms with Gasteiger partial charge >= 0.3 is 0 Å². The summed E-state index contributed by atoms with van der Waals surface area (Å²) < 4.78 is 0. The predicted octanol–water partition coefficient (Wildman–Crippen LogP) is 4.71. The molecule has 2 N–H and O–H groups in total. The Morgan fingerprint density at radius 3 is 2.38 bits per heavy atom. The van der Waals surface area contributed by atoms with Crippen LogP contribution in [0, 0.1) is 5.92 Å². The third kappa shape index (κ3) is 6.03. The molecule has 0 spiro atoms. The van der Waals surface area contributed by atoms with Crippen LogP contribution in [0.25, 0.3) is 22.2 Å². The lowest BCUT2D eigenvalue weighted by Gasteiger charge is -2.35. The van der Waals surface area contributed by atoms with Gasteiger partial charge in [-0.15, -0.1) is 0 Å². The number of benzene rings is 2. The maximum Gasteiger partial charge on any atom is 0.252 e. The Morgan fingerprint density at radius 1 is 0.973 bits per heavy atom. The van der Waals surface area contributed by atoms with Gasteiger partial charge in [0.05, 0.1) is 23.4 Å². The number of hydrogen-bond donors (Lipinski definition) is 2. The van der Waals surface area contributed by atoms with Crippen molar-refractivity contribution >= 4 is 16.8 Å².